The number of aliphatic imine (C=N–C) groups is 1. The van der Waals surface area contributed by atoms with E-state index in [1.54, 1.807) is 32.8 Å². The first kappa shape index (κ1) is 51.6. The quantitative estimate of drug-likeness (QED) is 0.0147. The summed E-state index contributed by atoms with van der Waals surface area (Å²) in [6, 6.07) is 32.6. The Hall–Kier alpha value is -6.23. The van der Waals surface area contributed by atoms with Gasteiger partial charge < -0.3 is 33.1 Å². The monoisotopic (exact) mass is 972 g/mol. The molecule has 70 heavy (non-hydrogen) atoms. The molecule has 0 radical (unpaired) electrons. The van der Waals surface area contributed by atoms with Crippen LogP contribution in [0.5, 0.6) is 17.2 Å². The fourth-order valence-corrected chi connectivity index (χ4v) is 11.0. The Kier molecular flexibility index (Phi) is 16.7. The number of unbranched alkanes of at least 4 members (excludes halogenated alkanes) is 1. The molecule has 0 N–H and O–H groups in total. The van der Waals surface area contributed by atoms with Gasteiger partial charge in [0.1, 0.15) is 46.9 Å². The molecule has 2 aliphatic rings. The highest BCUT2D eigenvalue weighted by atomic mass is 31.2. The van der Waals surface area contributed by atoms with E-state index in [0.29, 0.717) is 47.5 Å². The van der Waals surface area contributed by atoms with E-state index in [4.69, 9.17) is 37.7 Å². The van der Waals surface area contributed by atoms with Crippen LogP contribution >= 0.6 is 7.60 Å². The Bertz CT molecular complexity index is 2710. The fraction of sp³-hybridized carbons (Fsp3) is 0.418. The number of hydrogen-bond donors (Lipinski definition) is 0. The Morgan fingerprint density at radius 1 is 0.914 bits per heavy atom. The average molecular weight is 973 g/mol. The van der Waals surface area contributed by atoms with Gasteiger partial charge in [-0.3, -0.25) is 13.9 Å². The summed E-state index contributed by atoms with van der Waals surface area (Å²) in [5, 5.41) is 0. The number of nitrogens with zero attached hydrogens (tertiary/aromatic N) is 4. The van der Waals surface area contributed by atoms with E-state index in [1.165, 1.54) is 11.5 Å². The van der Waals surface area contributed by atoms with Gasteiger partial charge in [-0.1, -0.05) is 112 Å². The molecule has 0 spiro atoms. The SMILES string of the molecule is COc1ccc(C(OCC2OC(n3cc(C#CCCCP4(=O)Oc5ccccc5C(C)(C)O4)c(/N=C/N(CC(C)C)CC(C)C)nc3=O)CC2OC(C)=O)(c2ccccc2)c2ccc(OC)cc2)cc1. The maximum Gasteiger partial charge on any atom is 0.380 e. The molecule has 4 atom stereocenters. The third-order valence-corrected chi connectivity index (χ3v) is 14.1. The van der Waals surface area contributed by atoms with Gasteiger partial charge in [-0.05, 0) is 79.1 Å². The van der Waals surface area contributed by atoms with Gasteiger partial charge in [0.2, 0.25) is 0 Å². The lowest BCUT2D eigenvalue weighted by molar-refractivity contribution is -0.153. The van der Waals surface area contributed by atoms with Crippen LogP contribution in [0.4, 0.5) is 5.82 Å². The van der Waals surface area contributed by atoms with Crippen molar-refractivity contribution < 1.29 is 42.1 Å². The fourth-order valence-electron chi connectivity index (χ4n) is 8.96. The second-order valence-electron chi connectivity index (χ2n) is 18.9. The predicted octanol–water partition coefficient (Wildman–Crippen LogP) is 10.4. The Morgan fingerprint density at radius 2 is 1.51 bits per heavy atom. The molecule has 1 fully saturated rings. The first-order valence-electron chi connectivity index (χ1n) is 23.8. The standard InChI is InChI=1S/C55H65N4O10P/c1-38(2)33-58(34-39(3)4)37-56-52-41(18-12-11-17-31-70(62)68-48-22-16-15-21-47(48)54(6,7)69-70)35-59(53(61)57-52)51-32-49(66-40(5)60)50(67-51)36-65-55(42-19-13-10-14-20-42,43-23-27-45(63-8)28-24-43)44-25-29-46(64-9)30-26-44/h10,13-16,19-30,35,37-39,49-51H,11,17,31-34,36H2,1-9H3/b56-37+. The van der Waals surface area contributed by atoms with Crippen molar-refractivity contribution in [3.63, 3.8) is 0 Å². The average Bonchev–Trinajstić information content (AvgIpc) is 3.72. The van der Waals surface area contributed by atoms with Gasteiger partial charge in [-0.25, -0.2) is 14.4 Å². The molecule has 0 bridgehead atoms. The summed E-state index contributed by atoms with van der Waals surface area (Å²) >= 11 is 0. The van der Waals surface area contributed by atoms with E-state index < -0.39 is 48.9 Å². The van der Waals surface area contributed by atoms with Crippen LogP contribution in [0.15, 0.2) is 119 Å². The van der Waals surface area contributed by atoms with Crippen LogP contribution in [0.25, 0.3) is 0 Å². The third-order valence-electron chi connectivity index (χ3n) is 12.0. The molecule has 5 aromatic rings. The Morgan fingerprint density at radius 3 is 2.11 bits per heavy atom. The zero-order valence-electron chi connectivity index (χ0n) is 41.6. The number of carbonyl (C=O) groups is 1. The maximum atomic E-state index is 14.1. The molecular weight excluding hydrogens is 908 g/mol. The van der Waals surface area contributed by atoms with E-state index in [9.17, 15) is 14.2 Å². The summed E-state index contributed by atoms with van der Waals surface area (Å²) in [7, 11) is -0.259. The van der Waals surface area contributed by atoms with Crippen LogP contribution < -0.4 is 19.7 Å². The minimum absolute atomic E-state index is 0.0553. The predicted molar refractivity (Wildman–Crippen MR) is 270 cm³/mol. The number of ether oxygens (including phenoxy) is 5. The summed E-state index contributed by atoms with van der Waals surface area (Å²) in [4.78, 5) is 38.1. The molecule has 1 saturated heterocycles. The number of para-hydroxylation sites is 1. The summed E-state index contributed by atoms with van der Waals surface area (Å²) in [5.41, 5.74) is 1.08. The van der Waals surface area contributed by atoms with Gasteiger partial charge >= 0.3 is 19.3 Å². The molecular formula is C55H65N4O10P. The Labute approximate surface area is 411 Å². The third kappa shape index (κ3) is 12.4. The largest absolute Gasteiger partial charge is 0.497 e. The normalized spacial score (nSPS) is 19.6. The topological polar surface area (TPSA) is 149 Å². The van der Waals surface area contributed by atoms with Crippen molar-refractivity contribution in [2.24, 2.45) is 16.8 Å². The van der Waals surface area contributed by atoms with E-state index in [2.05, 4.69) is 49.4 Å². The van der Waals surface area contributed by atoms with Crippen molar-refractivity contribution in [1.82, 2.24) is 14.5 Å². The van der Waals surface area contributed by atoms with Crippen molar-refractivity contribution in [1.29, 1.82) is 0 Å². The highest BCUT2D eigenvalue weighted by Crippen LogP contribution is 2.59. The second-order valence-corrected chi connectivity index (χ2v) is 20.9. The summed E-state index contributed by atoms with van der Waals surface area (Å²) in [6.07, 6.45) is 1.82. The van der Waals surface area contributed by atoms with Gasteiger partial charge in [0.05, 0.1) is 38.9 Å². The van der Waals surface area contributed by atoms with E-state index >= 15 is 0 Å². The van der Waals surface area contributed by atoms with Gasteiger partial charge in [0.15, 0.2) is 5.82 Å². The van der Waals surface area contributed by atoms with Crippen LogP contribution in [0.3, 0.4) is 0 Å². The van der Waals surface area contributed by atoms with Crippen LogP contribution in [-0.2, 0) is 39.3 Å². The zero-order valence-corrected chi connectivity index (χ0v) is 42.5. The Balaban J connectivity index is 1.20. The number of hydrogen-bond acceptors (Lipinski definition) is 12. The molecule has 4 aromatic carbocycles. The number of aromatic nitrogens is 2. The van der Waals surface area contributed by atoms with E-state index in [0.717, 1.165) is 35.3 Å². The lowest BCUT2D eigenvalue weighted by atomic mass is 9.80. The van der Waals surface area contributed by atoms with Crippen LogP contribution in [0.1, 0.15) is 102 Å². The smallest absolute Gasteiger partial charge is 0.380 e. The van der Waals surface area contributed by atoms with Crippen molar-refractivity contribution >= 4 is 25.7 Å². The van der Waals surface area contributed by atoms with Gasteiger partial charge in [-0.15, -0.1) is 0 Å². The first-order chi connectivity index (χ1) is 33.5. The highest BCUT2D eigenvalue weighted by Gasteiger charge is 2.45. The molecule has 7 rings (SSSR count). The van der Waals surface area contributed by atoms with Gasteiger partial charge in [0.25, 0.3) is 0 Å². The van der Waals surface area contributed by atoms with E-state index in [1.807, 2.05) is 111 Å². The molecule has 3 heterocycles. The minimum Gasteiger partial charge on any atom is -0.497 e. The van der Waals surface area contributed by atoms with Crippen molar-refractivity contribution in [3.05, 3.63) is 148 Å². The van der Waals surface area contributed by atoms with Crippen molar-refractivity contribution in [2.75, 3.05) is 40.1 Å². The van der Waals surface area contributed by atoms with Crippen LogP contribution in [0, 0.1) is 23.7 Å². The second kappa shape index (κ2) is 22.7. The molecule has 0 saturated carbocycles. The summed E-state index contributed by atoms with van der Waals surface area (Å²) < 4.78 is 58.1. The van der Waals surface area contributed by atoms with Crippen molar-refractivity contribution in [3.8, 4) is 29.1 Å². The lowest BCUT2D eigenvalue weighted by Crippen LogP contribution is -2.39. The number of rotatable bonds is 19. The summed E-state index contributed by atoms with van der Waals surface area (Å²) in [6.45, 7) is 15.1. The molecule has 0 aliphatic carbocycles. The van der Waals surface area contributed by atoms with Gasteiger partial charge in [-0.2, -0.15) is 4.98 Å². The number of fused-ring (bicyclic) bond motifs is 1. The molecule has 2 aliphatic heterocycles. The molecule has 1 aromatic heterocycles. The van der Waals surface area contributed by atoms with Gasteiger partial charge in [0, 0.05) is 44.6 Å². The molecule has 4 unspecified atom stereocenters. The number of carbonyl (C=O) groups excluding carboxylic acids is 1. The first-order valence-corrected chi connectivity index (χ1v) is 25.6. The van der Waals surface area contributed by atoms with Crippen LogP contribution in [0.2, 0.25) is 0 Å². The lowest BCUT2D eigenvalue weighted by Gasteiger charge is -2.37. The van der Waals surface area contributed by atoms with Crippen molar-refractivity contribution in [2.45, 2.75) is 97.4 Å². The molecule has 14 nitrogen and oxygen atoms in total. The number of benzene rings is 4. The van der Waals surface area contributed by atoms with Crippen LogP contribution in [-0.4, -0.2) is 79.0 Å². The number of methoxy groups -OCH3 is 2. The minimum atomic E-state index is -3.49. The molecule has 370 valence electrons. The highest BCUT2D eigenvalue weighted by molar-refractivity contribution is 7.54. The van der Waals surface area contributed by atoms with E-state index in [-0.39, 0.29) is 25.0 Å². The summed E-state index contributed by atoms with van der Waals surface area (Å²) in [5.74, 6) is 8.68. The maximum absolute atomic E-state index is 14.1. The molecule has 15 heteroatoms. The zero-order chi connectivity index (χ0) is 50.1. The molecule has 0 amide bonds. The number of esters is 1.